The van der Waals surface area contributed by atoms with Crippen LogP contribution < -0.4 is 5.73 Å². The molecule has 2 N–H and O–H groups in total. The van der Waals surface area contributed by atoms with Crippen molar-refractivity contribution in [2.24, 2.45) is 16.6 Å². The van der Waals surface area contributed by atoms with Gasteiger partial charge in [0.25, 0.3) is 0 Å². The molecule has 2 heteroatoms. The normalized spacial score (nSPS) is 13.4. The lowest BCUT2D eigenvalue weighted by atomic mass is 10.2. The molecule has 0 spiro atoms. The minimum Gasteiger partial charge on any atom is -0.384 e. The Morgan fingerprint density at radius 2 is 2.20 bits per heavy atom. The van der Waals surface area contributed by atoms with E-state index in [4.69, 9.17) is 5.73 Å². The first kappa shape index (κ1) is 9.21. The van der Waals surface area contributed by atoms with E-state index in [1.54, 1.807) is 0 Å². The molecule has 10 heavy (non-hydrogen) atoms. The van der Waals surface area contributed by atoms with Crippen molar-refractivity contribution >= 4 is 6.21 Å². The summed E-state index contributed by atoms with van der Waals surface area (Å²) < 4.78 is 0. The third-order valence-corrected chi connectivity index (χ3v) is 0.927. The fourth-order valence-corrected chi connectivity index (χ4v) is 0.581. The van der Waals surface area contributed by atoms with Crippen molar-refractivity contribution in [1.29, 1.82) is 0 Å². The maximum absolute atomic E-state index is 5.52. The Hall–Kier alpha value is -0.790. The minimum absolute atomic E-state index is 0.481. The van der Waals surface area contributed by atoms with E-state index in [9.17, 15) is 0 Å². The van der Waals surface area contributed by atoms with E-state index in [1.165, 1.54) is 0 Å². The van der Waals surface area contributed by atoms with Crippen molar-refractivity contribution in [1.82, 2.24) is 0 Å². The fourth-order valence-electron chi connectivity index (χ4n) is 0.581. The van der Waals surface area contributed by atoms with Gasteiger partial charge in [0.2, 0.25) is 0 Å². The summed E-state index contributed by atoms with van der Waals surface area (Å²) in [6.07, 6.45) is 4.69. The molecule has 0 heterocycles. The van der Waals surface area contributed by atoms with Crippen LogP contribution in [0.5, 0.6) is 0 Å². The minimum atomic E-state index is 0.481. The maximum Gasteiger partial charge on any atom is 0.119 e. The molecule has 0 saturated heterocycles. The van der Waals surface area contributed by atoms with Crippen LogP contribution in [0.4, 0.5) is 0 Å². The maximum atomic E-state index is 5.52. The Bertz CT molecular complexity index is 134. The highest BCUT2D eigenvalue weighted by atomic mass is 14.9. The van der Waals surface area contributed by atoms with E-state index in [1.807, 2.05) is 19.2 Å². The van der Waals surface area contributed by atoms with Gasteiger partial charge in [0.05, 0.1) is 0 Å². The second kappa shape index (κ2) is 5.03. The molecule has 0 bridgehead atoms. The van der Waals surface area contributed by atoms with Gasteiger partial charge in [0.15, 0.2) is 0 Å². The second-order valence-corrected chi connectivity index (χ2v) is 2.56. The van der Waals surface area contributed by atoms with Gasteiger partial charge in [-0.25, -0.2) is 4.99 Å². The van der Waals surface area contributed by atoms with E-state index < -0.39 is 0 Å². The zero-order chi connectivity index (χ0) is 7.98. The molecule has 0 unspecified atom stereocenters. The third-order valence-electron chi connectivity index (χ3n) is 0.927. The van der Waals surface area contributed by atoms with Gasteiger partial charge in [0, 0.05) is 6.21 Å². The molecule has 0 amide bonds. The van der Waals surface area contributed by atoms with E-state index in [0.717, 1.165) is 6.42 Å². The van der Waals surface area contributed by atoms with Crippen LogP contribution >= 0.6 is 0 Å². The fraction of sp³-hybridized carbons (Fsp3) is 0.625. The molecule has 0 aromatic heterocycles. The average Bonchev–Trinajstić information content (AvgIpc) is 1.82. The highest BCUT2D eigenvalue weighted by Gasteiger charge is 1.87. The number of aliphatic imine (C=N–C) groups is 1. The van der Waals surface area contributed by atoms with Crippen LogP contribution in [0.2, 0.25) is 0 Å². The van der Waals surface area contributed by atoms with Gasteiger partial charge in [-0.05, 0) is 18.4 Å². The first-order valence-electron chi connectivity index (χ1n) is 3.66. The average molecular weight is 140 g/mol. The van der Waals surface area contributed by atoms with E-state index >= 15 is 0 Å². The molecule has 0 fully saturated rings. The monoisotopic (exact) mass is 140 g/mol. The Morgan fingerprint density at radius 1 is 1.60 bits per heavy atom. The molecular weight excluding hydrogens is 124 g/mol. The van der Waals surface area contributed by atoms with Crippen LogP contribution in [0.15, 0.2) is 16.9 Å². The molecule has 0 rings (SSSR count). The largest absolute Gasteiger partial charge is 0.384 e. The summed E-state index contributed by atoms with van der Waals surface area (Å²) in [4.78, 5) is 4.00. The molecule has 0 aliphatic rings. The van der Waals surface area contributed by atoms with Crippen molar-refractivity contribution in [3.8, 4) is 0 Å². The lowest BCUT2D eigenvalue weighted by molar-refractivity contribution is 0.817. The van der Waals surface area contributed by atoms with Gasteiger partial charge in [0.1, 0.15) is 5.82 Å². The summed E-state index contributed by atoms with van der Waals surface area (Å²) in [7, 11) is 0. The quantitative estimate of drug-likeness (QED) is 0.597. The predicted octanol–water partition coefficient (Wildman–Crippen LogP) is 1.92. The van der Waals surface area contributed by atoms with Gasteiger partial charge < -0.3 is 5.73 Å². The third kappa shape index (κ3) is 5.35. The number of nitrogens with two attached hydrogens (primary N) is 1. The van der Waals surface area contributed by atoms with Crippen molar-refractivity contribution in [2.45, 2.75) is 27.2 Å². The zero-order valence-corrected chi connectivity index (χ0v) is 6.96. The molecule has 0 radical (unpaired) electrons. The summed E-state index contributed by atoms with van der Waals surface area (Å²) in [5.74, 6) is 1.10. The summed E-state index contributed by atoms with van der Waals surface area (Å²) in [5.41, 5.74) is 5.52. The Morgan fingerprint density at radius 3 is 2.60 bits per heavy atom. The van der Waals surface area contributed by atoms with Gasteiger partial charge in [-0.3, -0.25) is 0 Å². The van der Waals surface area contributed by atoms with Gasteiger partial charge >= 0.3 is 0 Å². The SMILES string of the molecule is CC/C=N\C(N)=CC(C)C. The van der Waals surface area contributed by atoms with Crippen molar-refractivity contribution in [3.05, 3.63) is 11.9 Å². The highest BCUT2D eigenvalue weighted by Crippen LogP contribution is 1.97. The van der Waals surface area contributed by atoms with Crippen LogP contribution in [0.3, 0.4) is 0 Å². The first-order chi connectivity index (χ1) is 4.66. The van der Waals surface area contributed by atoms with Crippen molar-refractivity contribution < 1.29 is 0 Å². The van der Waals surface area contributed by atoms with E-state index in [-0.39, 0.29) is 0 Å². The Kier molecular flexibility index (Phi) is 4.63. The summed E-state index contributed by atoms with van der Waals surface area (Å²) in [6, 6.07) is 0. The second-order valence-electron chi connectivity index (χ2n) is 2.56. The van der Waals surface area contributed by atoms with Crippen molar-refractivity contribution in [2.75, 3.05) is 0 Å². The summed E-state index contributed by atoms with van der Waals surface area (Å²) in [6.45, 7) is 6.19. The van der Waals surface area contributed by atoms with Crippen molar-refractivity contribution in [3.63, 3.8) is 0 Å². The van der Waals surface area contributed by atoms with E-state index in [0.29, 0.717) is 11.7 Å². The van der Waals surface area contributed by atoms with E-state index in [2.05, 4.69) is 18.8 Å². The topological polar surface area (TPSA) is 38.4 Å². The van der Waals surface area contributed by atoms with Crippen LogP contribution in [0.25, 0.3) is 0 Å². The van der Waals surface area contributed by atoms with Crippen LogP contribution in [0.1, 0.15) is 27.2 Å². The van der Waals surface area contributed by atoms with Gasteiger partial charge in [-0.2, -0.15) is 0 Å². The van der Waals surface area contributed by atoms with Crippen LogP contribution in [-0.4, -0.2) is 6.21 Å². The number of hydrogen-bond donors (Lipinski definition) is 1. The summed E-state index contributed by atoms with van der Waals surface area (Å²) in [5, 5.41) is 0. The Balaban J connectivity index is 3.82. The standard InChI is InChI=1S/C8H16N2/c1-4-5-10-8(9)6-7(2)3/h5-7H,4,9H2,1-3H3/b8-6?,10-5-. The molecule has 0 saturated carbocycles. The lowest BCUT2D eigenvalue weighted by Gasteiger charge is -1.95. The zero-order valence-electron chi connectivity index (χ0n) is 6.96. The number of allylic oxidation sites excluding steroid dienone is 1. The number of hydrogen-bond acceptors (Lipinski definition) is 2. The number of rotatable bonds is 3. The molecule has 0 aliphatic heterocycles. The van der Waals surface area contributed by atoms with Gasteiger partial charge in [-0.15, -0.1) is 0 Å². The molecule has 0 aromatic rings. The Labute approximate surface area is 62.8 Å². The molecular formula is C8H16N2. The number of nitrogens with zero attached hydrogens (tertiary/aromatic N) is 1. The molecule has 0 atom stereocenters. The van der Waals surface area contributed by atoms with Crippen LogP contribution in [0, 0.1) is 5.92 Å². The molecule has 2 nitrogen and oxygen atoms in total. The smallest absolute Gasteiger partial charge is 0.119 e. The lowest BCUT2D eigenvalue weighted by Crippen LogP contribution is -1.96. The summed E-state index contributed by atoms with van der Waals surface area (Å²) >= 11 is 0. The van der Waals surface area contributed by atoms with Gasteiger partial charge in [-0.1, -0.05) is 20.8 Å². The van der Waals surface area contributed by atoms with Crippen LogP contribution in [-0.2, 0) is 0 Å². The molecule has 0 aliphatic carbocycles. The predicted molar refractivity (Wildman–Crippen MR) is 45.9 cm³/mol. The molecule has 0 aromatic carbocycles. The first-order valence-corrected chi connectivity index (χ1v) is 3.66. The highest BCUT2D eigenvalue weighted by molar-refractivity contribution is 5.58. The molecule has 58 valence electrons.